The van der Waals surface area contributed by atoms with Crippen molar-refractivity contribution < 1.29 is 37.9 Å². The van der Waals surface area contributed by atoms with Gasteiger partial charge in [-0.25, -0.2) is 9.59 Å². The fourth-order valence-electron chi connectivity index (χ4n) is 4.61. The number of imide groups is 1. The van der Waals surface area contributed by atoms with Crippen LogP contribution in [0.4, 0.5) is 4.79 Å². The molecule has 10 nitrogen and oxygen atoms in total. The summed E-state index contributed by atoms with van der Waals surface area (Å²) in [5, 5.41) is 0. The number of hydrogen-bond acceptors (Lipinski definition) is 8. The van der Waals surface area contributed by atoms with Gasteiger partial charge in [-0.1, -0.05) is 31.4 Å². The number of esters is 1. The molecule has 0 aliphatic carbocycles. The lowest BCUT2D eigenvalue weighted by Crippen LogP contribution is -2.68. The van der Waals surface area contributed by atoms with Crippen LogP contribution >= 0.6 is 0 Å². The smallest absolute Gasteiger partial charge is 0.410 e. The summed E-state index contributed by atoms with van der Waals surface area (Å²) in [4.78, 5) is 65.8. The van der Waals surface area contributed by atoms with E-state index in [-0.39, 0.29) is 31.5 Å². The van der Waals surface area contributed by atoms with Gasteiger partial charge in [-0.05, 0) is 51.9 Å². The summed E-state index contributed by atoms with van der Waals surface area (Å²) in [5.41, 5.74) is 0.395. The largest absolute Gasteiger partial charge is 0.454 e. The number of ether oxygens (including phenoxy) is 2. The molecular weight excluding hydrogens is 496 g/mol. The highest BCUT2D eigenvalue weighted by atomic mass is 28.4. The Bertz CT molecular complexity index is 970. The van der Waals surface area contributed by atoms with Gasteiger partial charge in [0.25, 0.3) is 0 Å². The van der Waals surface area contributed by atoms with Gasteiger partial charge in [0.05, 0.1) is 24.1 Å². The van der Waals surface area contributed by atoms with Crippen LogP contribution < -0.4 is 0 Å². The van der Waals surface area contributed by atoms with Crippen LogP contribution in [0.15, 0.2) is 37.0 Å². The SMILES string of the molecule is C=CCOC(=O)C(=O)N1C(=O)[C@H]([C@@H](C)O[Si](C)(C)C)[C@H]1CC(=O)C(C)=C[C@@H]1CCCN1C(=O)OCC=C. The summed E-state index contributed by atoms with van der Waals surface area (Å²) < 4.78 is 16.0. The molecule has 2 fully saturated rings. The van der Waals surface area contributed by atoms with Crippen molar-refractivity contribution >= 4 is 38.0 Å². The van der Waals surface area contributed by atoms with E-state index in [1.165, 1.54) is 12.2 Å². The summed E-state index contributed by atoms with van der Waals surface area (Å²) in [7, 11) is -2.04. The molecular formula is C26H38N2O8Si. The summed E-state index contributed by atoms with van der Waals surface area (Å²) >= 11 is 0. The first-order valence-electron chi connectivity index (χ1n) is 12.4. The molecule has 0 unspecified atom stereocenters. The molecule has 2 saturated heterocycles. The molecule has 0 aromatic carbocycles. The maximum Gasteiger partial charge on any atom is 0.410 e. The molecule has 0 spiro atoms. The molecule has 0 saturated carbocycles. The minimum Gasteiger partial charge on any atom is -0.454 e. The Morgan fingerprint density at radius 3 is 2.32 bits per heavy atom. The highest BCUT2D eigenvalue weighted by Crippen LogP contribution is 2.35. The summed E-state index contributed by atoms with van der Waals surface area (Å²) in [6, 6.07) is -1.16. The molecule has 2 rings (SSSR count). The minimum absolute atomic E-state index is 0.0948. The van der Waals surface area contributed by atoms with E-state index in [0.717, 1.165) is 11.3 Å². The molecule has 11 heteroatoms. The number of likely N-dealkylation sites (tertiary alicyclic amines) is 2. The van der Waals surface area contributed by atoms with Crippen molar-refractivity contribution in [2.45, 2.75) is 70.9 Å². The Morgan fingerprint density at radius 2 is 1.73 bits per heavy atom. The number of amides is 3. The molecule has 2 aliphatic heterocycles. The lowest BCUT2D eigenvalue weighted by Gasteiger charge is -2.48. The topological polar surface area (TPSA) is 120 Å². The number of ketones is 1. The molecule has 0 aromatic rings. The Balaban J connectivity index is 2.22. The highest BCUT2D eigenvalue weighted by Gasteiger charge is 2.55. The maximum atomic E-state index is 13.2. The molecule has 4 atom stereocenters. The third-order valence-electron chi connectivity index (χ3n) is 6.17. The Labute approximate surface area is 219 Å². The number of Topliss-reactive ketones (excluding diaryl/α,β-unsaturated/α-hetero) is 1. The minimum atomic E-state index is -2.04. The number of carbonyl (C=O) groups excluding carboxylic acids is 5. The zero-order valence-corrected chi connectivity index (χ0v) is 23.4. The molecule has 0 N–H and O–H groups in total. The van der Waals surface area contributed by atoms with Crippen LogP contribution in [0.1, 0.15) is 33.1 Å². The van der Waals surface area contributed by atoms with Gasteiger partial charge < -0.3 is 18.8 Å². The van der Waals surface area contributed by atoms with Gasteiger partial charge in [0.2, 0.25) is 5.91 Å². The van der Waals surface area contributed by atoms with E-state index >= 15 is 0 Å². The first-order valence-corrected chi connectivity index (χ1v) is 15.8. The van der Waals surface area contributed by atoms with E-state index in [2.05, 4.69) is 13.2 Å². The quantitative estimate of drug-likeness (QED) is 0.0991. The Morgan fingerprint density at radius 1 is 1.11 bits per heavy atom. The average Bonchev–Trinajstić information content (AvgIpc) is 3.27. The highest BCUT2D eigenvalue weighted by molar-refractivity contribution is 6.69. The Kier molecular flexibility index (Phi) is 10.6. The molecule has 0 aromatic heterocycles. The van der Waals surface area contributed by atoms with Crippen LogP contribution in [0.25, 0.3) is 0 Å². The normalized spacial score (nSPS) is 22.7. The van der Waals surface area contributed by atoms with Gasteiger partial charge in [-0.3, -0.25) is 19.3 Å². The average molecular weight is 535 g/mol. The van der Waals surface area contributed by atoms with Crippen molar-refractivity contribution in [3.8, 4) is 0 Å². The fourth-order valence-corrected chi connectivity index (χ4v) is 5.88. The van der Waals surface area contributed by atoms with Gasteiger partial charge in [-0.2, -0.15) is 0 Å². The van der Waals surface area contributed by atoms with E-state index in [1.807, 2.05) is 19.6 Å². The first kappa shape index (κ1) is 30.2. The summed E-state index contributed by atoms with van der Waals surface area (Å²) in [6.45, 7) is 16.7. The van der Waals surface area contributed by atoms with E-state index in [9.17, 15) is 24.0 Å². The molecule has 2 heterocycles. The maximum absolute atomic E-state index is 13.2. The summed E-state index contributed by atoms with van der Waals surface area (Å²) in [6.07, 6.45) is 4.76. The number of nitrogens with zero attached hydrogens (tertiary/aromatic N) is 2. The van der Waals surface area contributed by atoms with Crippen LogP contribution in [-0.2, 0) is 33.1 Å². The number of β-lactam (4-membered cyclic amide) rings is 1. The number of rotatable bonds is 11. The molecule has 204 valence electrons. The van der Waals surface area contributed by atoms with E-state index < -0.39 is 50.3 Å². The molecule has 0 bridgehead atoms. The van der Waals surface area contributed by atoms with Crippen LogP contribution in [-0.4, -0.2) is 85.7 Å². The van der Waals surface area contributed by atoms with E-state index in [0.29, 0.717) is 18.5 Å². The van der Waals surface area contributed by atoms with Crippen LogP contribution in [0, 0.1) is 5.92 Å². The fraction of sp³-hybridized carbons (Fsp3) is 0.577. The zero-order valence-electron chi connectivity index (χ0n) is 22.4. The Hall–Kier alpha value is -3.05. The standard InChI is InChI=1S/C26H38N2O8Si/c1-8-13-34-25(32)24(31)28-20(22(23(28)30)18(4)36-37(5,6)7)16-21(29)17(3)15-19-11-10-12-27(19)26(33)35-14-9-2/h8-9,15,18-20,22H,1-2,10-14,16H2,3-7H3/t18-,19+,20-,22-/m1/s1. The molecule has 37 heavy (non-hydrogen) atoms. The van der Waals surface area contributed by atoms with Crippen molar-refractivity contribution in [2.75, 3.05) is 19.8 Å². The zero-order chi connectivity index (χ0) is 27.9. The summed E-state index contributed by atoms with van der Waals surface area (Å²) in [5.74, 6) is -3.93. The van der Waals surface area contributed by atoms with Crippen molar-refractivity contribution in [1.82, 2.24) is 9.80 Å². The lowest BCUT2D eigenvalue weighted by molar-refractivity contribution is -0.179. The van der Waals surface area contributed by atoms with Gasteiger partial charge in [0, 0.05) is 13.0 Å². The van der Waals surface area contributed by atoms with Gasteiger partial charge in [0.15, 0.2) is 14.1 Å². The van der Waals surface area contributed by atoms with Crippen LogP contribution in [0.3, 0.4) is 0 Å². The second kappa shape index (κ2) is 13.0. The number of hydrogen-bond donors (Lipinski definition) is 0. The predicted octanol–water partition coefficient (Wildman–Crippen LogP) is 3.00. The van der Waals surface area contributed by atoms with Crippen LogP contribution in [0.5, 0.6) is 0 Å². The van der Waals surface area contributed by atoms with E-state index in [4.69, 9.17) is 13.9 Å². The van der Waals surface area contributed by atoms with Crippen molar-refractivity contribution in [3.63, 3.8) is 0 Å². The van der Waals surface area contributed by atoms with Gasteiger partial charge in [-0.15, -0.1) is 0 Å². The second-order valence-corrected chi connectivity index (χ2v) is 14.6. The number of carbonyl (C=O) groups is 5. The van der Waals surface area contributed by atoms with Gasteiger partial charge >= 0.3 is 18.0 Å². The second-order valence-electron chi connectivity index (χ2n) is 10.2. The third-order valence-corrected chi connectivity index (χ3v) is 7.25. The number of allylic oxidation sites excluding steroid dienone is 1. The first-order chi connectivity index (χ1) is 17.3. The lowest BCUT2D eigenvalue weighted by atomic mass is 9.79. The molecule has 2 aliphatic rings. The molecule has 0 radical (unpaired) electrons. The van der Waals surface area contributed by atoms with Crippen molar-refractivity contribution in [3.05, 3.63) is 37.0 Å². The van der Waals surface area contributed by atoms with Crippen molar-refractivity contribution in [2.24, 2.45) is 5.92 Å². The van der Waals surface area contributed by atoms with Crippen molar-refractivity contribution in [1.29, 1.82) is 0 Å². The monoisotopic (exact) mass is 534 g/mol. The molecule has 3 amide bonds. The van der Waals surface area contributed by atoms with Crippen LogP contribution in [0.2, 0.25) is 19.6 Å². The predicted molar refractivity (Wildman–Crippen MR) is 139 cm³/mol. The third kappa shape index (κ3) is 7.72. The van der Waals surface area contributed by atoms with Gasteiger partial charge in [0.1, 0.15) is 13.2 Å². The van der Waals surface area contributed by atoms with E-state index in [1.54, 1.807) is 24.8 Å².